The Morgan fingerprint density at radius 3 is 2.11 bits per heavy atom. The highest BCUT2D eigenvalue weighted by molar-refractivity contribution is 7.89. The number of nitrogens with two attached hydrogens (primary N) is 1. The van der Waals surface area contributed by atoms with Crippen molar-refractivity contribution in [1.82, 2.24) is 0 Å². The van der Waals surface area contributed by atoms with E-state index in [1.807, 2.05) is 0 Å². The Morgan fingerprint density at radius 1 is 1.00 bits per heavy atom. The number of benzene rings is 2. The molecule has 0 spiro atoms. The molecule has 19 heavy (non-hydrogen) atoms. The third kappa shape index (κ3) is 3.70. The predicted octanol–water partition coefficient (Wildman–Crippen LogP) is 2.22. The lowest BCUT2D eigenvalue weighted by Gasteiger charge is -1.98. The van der Waals surface area contributed by atoms with Crippen LogP contribution < -0.4 is 5.14 Å². The third-order valence-electron chi connectivity index (χ3n) is 2.40. The molecule has 0 bridgehead atoms. The van der Waals surface area contributed by atoms with Crippen molar-refractivity contribution in [2.75, 3.05) is 0 Å². The molecule has 0 unspecified atom stereocenters. The molecule has 0 aliphatic carbocycles. The summed E-state index contributed by atoms with van der Waals surface area (Å²) in [5, 5.41) is 4.98. The fourth-order valence-electron chi connectivity index (χ4n) is 1.42. The molecule has 98 valence electrons. The van der Waals surface area contributed by atoms with Crippen molar-refractivity contribution in [2.24, 2.45) is 10.1 Å². The highest BCUT2D eigenvalue weighted by atomic mass is 32.2. The summed E-state index contributed by atoms with van der Waals surface area (Å²) < 4.78 is 34.8. The topological polar surface area (TPSA) is 72.5 Å². The van der Waals surface area contributed by atoms with Gasteiger partial charge in [0.2, 0.25) is 10.0 Å². The first-order valence-electron chi connectivity index (χ1n) is 5.38. The predicted molar refractivity (Wildman–Crippen MR) is 71.5 cm³/mol. The molecule has 0 saturated carbocycles. The second-order valence-corrected chi connectivity index (χ2v) is 5.41. The van der Waals surface area contributed by atoms with Crippen LogP contribution in [0.2, 0.25) is 0 Å². The number of hydrogen-bond donors (Lipinski definition) is 1. The van der Waals surface area contributed by atoms with Gasteiger partial charge in [0.25, 0.3) is 0 Å². The lowest BCUT2D eigenvalue weighted by atomic mass is 10.2. The lowest BCUT2D eigenvalue weighted by molar-refractivity contribution is 0.598. The van der Waals surface area contributed by atoms with Crippen LogP contribution in [-0.2, 0) is 10.0 Å². The Hall–Kier alpha value is -2.05. The van der Waals surface area contributed by atoms with Crippen molar-refractivity contribution in [3.8, 4) is 0 Å². The first kappa shape index (κ1) is 13.4. The van der Waals surface area contributed by atoms with E-state index in [-0.39, 0.29) is 10.7 Å². The van der Waals surface area contributed by atoms with Crippen LogP contribution in [0.25, 0.3) is 0 Å². The third-order valence-corrected chi connectivity index (χ3v) is 3.33. The number of nitrogens with zero attached hydrogens (tertiary/aromatic N) is 1. The van der Waals surface area contributed by atoms with Crippen molar-refractivity contribution in [3.63, 3.8) is 0 Å². The Balaban J connectivity index is 2.18. The van der Waals surface area contributed by atoms with E-state index in [9.17, 15) is 12.8 Å². The molecule has 0 atom stereocenters. The molecule has 0 radical (unpaired) electrons. The summed E-state index contributed by atoms with van der Waals surface area (Å²) in [6.07, 6.45) is 1.56. The highest BCUT2D eigenvalue weighted by Crippen LogP contribution is 2.15. The van der Waals surface area contributed by atoms with Gasteiger partial charge in [0.15, 0.2) is 0 Å². The number of aliphatic imine (C=N–C) groups is 1. The van der Waals surface area contributed by atoms with Gasteiger partial charge in [-0.2, -0.15) is 0 Å². The summed E-state index contributed by atoms with van der Waals surface area (Å²) in [5.41, 5.74) is 1.33. The zero-order chi connectivity index (χ0) is 13.9. The van der Waals surface area contributed by atoms with Crippen LogP contribution in [0.3, 0.4) is 0 Å². The lowest BCUT2D eigenvalue weighted by Crippen LogP contribution is -2.11. The summed E-state index contributed by atoms with van der Waals surface area (Å²) in [6.45, 7) is 0. The molecule has 0 heterocycles. The number of primary sulfonamides is 1. The van der Waals surface area contributed by atoms with E-state index >= 15 is 0 Å². The minimum Gasteiger partial charge on any atom is -0.256 e. The van der Waals surface area contributed by atoms with Crippen molar-refractivity contribution in [2.45, 2.75) is 4.90 Å². The quantitative estimate of drug-likeness (QED) is 0.874. The van der Waals surface area contributed by atoms with Gasteiger partial charge in [0.1, 0.15) is 5.82 Å². The maximum atomic E-state index is 12.7. The Kier molecular flexibility index (Phi) is 3.73. The number of halogens is 1. The van der Waals surface area contributed by atoms with Gasteiger partial charge in [-0.25, -0.2) is 17.9 Å². The number of rotatable bonds is 3. The Bertz CT molecular complexity index is 692. The zero-order valence-electron chi connectivity index (χ0n) is 9.82. The Morgan fingerprint density at radius 2 is 1.58 bits per heavy atom. The van der Waals surface area contributed by atoms with Gasteiger partial charge in [0.05, 0.1) is 10.6 Å². The summed E-state index contributed by atoms with van der Waals surface area (Å²) in [7, 11) is -3.68. The average molecular weight is 278 g/mol. The van der Waals surface area contributed by atoms with E-state index < -0.39 is 10.0 Å². The summed E-state index contributed by atoms with van der Waals surface area (Å²) in [4.78, 5) is 4.18. The monoisotopic (exact) mass is 278 g/mol. The van der Waals surface area contributed by atoms with Gasteiger partial charge in [-0.15, -0.1) is 0 Å². The normalized spacial score (nSPS) is 11.9. The molecule has 2 aromatic rings. The van der Waals surface area contributed by atoms with Gasteiger partial charge in [-0.3, -0.25) is 4.99 Å². The summed E-state index contributed by atoms with van der Waals surface area (Å²) >= 11 is 0. The maximum Gasteiger partial charge on any atom is 0.238 e. The van der Waals surface area contributed by atoms with Crippen molar-refractivity contribution >= 4 is 21.9 Å². The smallest absolute Gasteiger partial charge is 0.238 e. The second-order valence-electron chi connectivity index (χ2n) is 3.85. The maximum absolute atomic E-state index is 12.7. The van der Waals surface area contributed by atoms with Crippen LogP contribution in [0.4, 0.5) is 10.1 Å². The first-order chi connectivity index (χ1) is 8.95. The van der Waals surface area contributed by atoms with Gasteiger partial charge < -0.3 is 0 Å². The largest absolute Gasteiger partial charge is 0.256 e. The molecule has 0 saturated heterocycles. The van der Waals surface area contributed by atoms with Crippen molar-refractivity contribution in [1.29, 1.82) is 0 Å². The average Bonchev–Trinajstić information content (AvgIpc) is 2.37. The molecule has 6 heteroatoms. The fourth-order valence-corrected chi connectivity index (χ4v) is 1.94. The molecule has 0 aliphatic rings. The van der Waals surface area contributed by atoms with Crippen LogP contribution in [-0.4, -0.2) is 14.6 Å². The standard InChI is InChI=1S/C13H11FN2O2S/c14-11-3-1-10(2-4-11)9-16-12-5-7-13(8-6-12)19(15,17)18/h1-9H,(H2,15,17,18)/b16-9+. The molecule has 2 N–H and O–H groups in total. The molecule has 0 amide bonds. The first-order valence-corrected chi connectivity index (χ1v) is 6.92. The molecular weight excluding hydrogens is 267 g/mol. The molecule has 2 aromatic carbocycles. The van der Waals surface area contributed by atoms with E-state index in [0.717, 1.165) is 5.56 Å². The van der Waals surface area contributed by atoms with Gasteiger partial charge >= 0.3 is 0 Å². The fraction of sp³-hybridized carbons (Fsp3) is 0. The second kappa shape index (κ2) is 5.29. The minimum atomic E-state index is -3.68. The van der Waals surface area contributed by atoms with Crippen molar-refractivity contribution < 1.29 is 12.8 Å². The number of sulfonamides is 1. The SMILES string of the molecule is NS(=O)(=O)c1ccc(/N=C/c2ccc(F)cc2)cc1. The highest BCUT2D eigenvalue weighted by Gasteiger charge is 2.05. The molecule has 2 rings (SSSR count). The van der Waals surface area contributed by atoms with E-state index in [1.54, 1.807) is 30.5 Å². The Labute approximate surface area is 110 Å². The molecule has 0 aromatic heterocycles. The van der Waals surface area contributed by atoms with E-state index in [2.05, 4.69) is 4.99 Å². The van der Waals surface area contributed by atoms with E-state index in [0.29, 0.717) is 5.69 Å². The molecular formula is C13H11FN2O2S. The van der Waals surface area contributed by atoms with E-state index in [4.69, 9.17) is 5.14 Å². The zero-order valence-corrected chi connectivity index (χ0v) is 10.6. The molecule has 0 aliphatic heterocycles. The van der Waals surface area contributed by atoms with Crippen LogP contribution in [0.5, 0.6) is 0 Å². The van der Waals surface area contributed by atoms with Gasteiger partial charge in [-0.1, -0.05) is 12.1 Å². The van der Waals surface area contributed by atoms with Crippen LogP contribution >= 0.6 is 0 Å². The summed E-state index contributed by atoms with van der Waals surface area (Å²) in [5.74, 6) is -0.311. The van der Waals surface area contributed by atoms with Gasteiger partial charge in [0, 0.05) is 6.21 Å². The van der Waals surface area contributed by atoms with Crippen LogP contribution in [0.1, 0.15) is 5.56 Å². The molecule has 0 fully saturated rings. The van der Waals surface area contributed by atoms with Crippen LogP contribution in [0.15, 0.2) is 58.4 Å². The number of hydrogen-bond acceptors (Lipinski definition) is 3. The summed E-state index contributed by atoms with van der Waals surface area (Å²) in [6, 6.07) is 11.7. The van der Waals surface area contributed by atoms with E-state index in [1.165, 1.54) is 24.3 Å². The minimum absolute atomic E-state index is 0.0354. The van der Waals surface area contributed by atoms with Gasteiger partial charge in [-0.05, 0) is 42.0 Å². The molecule has 4 nitrogen and oxygen atoms in total. The van der Waals surface area contributed by atoms with Crippen LogP contribution in [0, 0.1) is 5.82 Å². The van der Waals surface area contributed by atoms with Crippen molar-refractivity contribution in [3.05, 3.63) is 59.9 Å².